The molecule has 0 aliphatic carbocycles. The van der Waals surface area contributed by atoms with Crippen LogP contribution >= 0.6 is 11.3 Å². The molecule has 0 unspecified atom stereocenters. The van der Waals surface area contributed by atoms with Gasteiger partial charge in [0.25, 0.3) is 0 Å². The summed E-state index contributed by atoms with van der Waals surface area (Å²) in [6.07, 6.45) is 0. The van der Waals surface area contributed by atoms with Gasteiger partial charge in [-0.1, -0.05) is 109 Å². The van der Waals surface area contributed by atoms with E-state index in [0.717, 1.165) is 33.1 Å². The van der Waals surface area contributed by atoms with Crippen LogP contribution < -0.4 is 0 Å². The maximum absolute atomic E-state index is 5.16. The lowest BCUT2D eigenvalue weighted by Crippen LogP contribution is -2.02. The van der Waals surface area contributed by atoms with Gasteiger partial charge >= 0.3 is 0 Å². The van der Waals surface area contributed by atoms with Gasteiger partial charge in [-0.15, -0.1) is 11.3 Å². The van der Waals surface area contributed by atoms with Crippen LogP contribution in [0.1, 0.15) is 0 Å². The van der Waals surface area contributed by atoms with Crippen molar-refractivity contribution >= 4 is 53.2 Å². The molecule has 5 heteroatoms. The summed E-state index contributed by atoms with van der Waals surface area (Å²) in [6.45, 7) is 0. The summed E-state index contributed by atoms with van der Waals surface area (Å²) in [5, 5.41) is 5.90. The van der Waals surface area contributed by atoms with Crippen LogP contribution in [0.15, 0.2) is 121 Å². The topological polar surface area (TPSA) is 51.6 Å². The van der Waals surface area contributed by atoms with Crippen LogP contribution in [0.3, 0.4) is 0 Å². The number of aromatic nitrogens is 4. The molecule has 3 heterocycles. The van der Waals surface area contributed by atoms with Gasteiger partial charge in [-0.05, 0) is 12.1 Å². The van der Waals surface area contributed by atoms with E-state index in [1.54, 1.807) is 0 Å². The van der Waals surface area contributed by atoms with Crippen LogP contribution in [0.25, 0.3) is 76.1 Å². The molecule has 4 nitrogen and oxygen atoms in total. The molecular formula is C34H20N4S. The third kappa shape index (κ3) is 3.59. The van der Waals surface area contributed by atoms with Crippen molar-refractivity contribution in [1.29, 1.82) is 0 Å². The number of fused-ring (bicyclic) bond motifs is 7. The molecule has 0 N–H and O–H groups in total. The molecule has 8 aromatic rings. The molecule has 8 rings (SSSR count). The molecule has 0 aliphatic heterocycles. The summed E-state index contributed by atoms with van der Waals surface area (Å²) in [5.74, 6) is 1.83. The number of benzene rings is 5. The Kier molecular flexibility index (Phi) is 4.96. The lowest BCUT2D eigenvalue weighted by Gasteiger charge is -2.12. The number of thiophene rings is 1. The molecule has 39 heavy (non-hydrogen) atoms. The summed E-state index contributed by atoms with van der Waals surface area (Å²) < 4.78 is 2.54. The van der Waals surface area contributed by atoms with Gasteiger partial charge in [-0.2, -0.15) is 0 Å². The summed E-state index contributed by atoms with van der Waals surface area (Å²) >= 11 is 1.83. The molecule has 0 radical (unpaired) electrons. The maximum atomic E-state index is 5.16. The zero-order valence-electron chi connectivity index (χ0n) is 20.7. The standard InChI is InChI=1S/C34H20N4S/c1-3-11-21(12-4-1)32-36-33(22-13-5-2-6-14-22)38-34(37-32)30-26-20-19-24-23-15-8-10-18-28(23)39-31(24)29(26)25-16-7-9-17-27(25)35-30/h1-20H. The molecule has 0 fully saturated rings. The zero-order valence-corrected chi connectivity index (χ0v) is 21.6. The summed E-state index contributed by atoms with van der Waals surface area (Å²) in [5.41, 5.74) is 3.57. The minimum absolute atomic E-state index is 0.568. The third-order valence-corrected chi connectivity index (χ3v) is 8.32. The van der Waals surface area contributed by atoms with Crippen LogP contribution in [0.5, 0.6) is 0 Å². The average Bonchev–Trinajstić information content (AvgIpc) is 3.40. The number of pyridine rings is 1. The number of nitrogens with zero attached hydrogens (tertiary/aromatic N) is 4. The molecule has 0 bridgehead atoms. The van der Waals surface area contributed by atoms with E-state index in [9.17, 15) is 0 Å². The zero-order chi connectivity index (χ0) is 25.8. The first-order valence-electron chi connectivity index (χ1n) is 12.8. The lowest BCUT2D eigenvalue weighted by atomic mass is 10.0. The molecule has 0 amide bonds. The van der Waals surface area contributed by atoms with Gasteiger partial charge in [0.05, 0.1) is 5.52 Å². The van der Waals surface area contributed by atoms with E-state index in [2.05, 4.69) is 54.6 Å². The van der Waals surface area contributed by atoms with Crippen molar-refractivity contribution < 1.29 is 0 Å². The Morgan fingerprint density at radius 1 is 0.410 bits per heavy atom. The first-order chi connectivity index (χ1) is 19.3. The second-order valence-electron chi connectivity index (χ2n) is 9.48. The Morgan fingerprint density at radius 2 is 0.974 bits per heavy atom. The Labute approximate surface area is 228 Å². The normalized spacial score (nSPS) is 11.6. The van der Waals surface area contributed by atoms with Crippen LogP contribution in [0, 0.1) is 0 Å². The molecule has 0 saturated carbocycles. The minimum Gasteiger partial charge on any atom is -0.244 e. The van der Waals surface area contributed by atoms with Crippen molar-refractivity contribution in [3.63, 3.8) is 0 Å². The Bertz CT molecular complexity index is 2110. The highest BCUT2D eigenvalue weighted by Gasteiger charge is 2.19. The minimum atomic E-state index is 0.568. The number of hydrogen-bond donors (Lipinski definition) is 0. The molecule has 5 aromatic carbocycles. The van der Waals surface area contributed by atoms with E-state index in [1.165, 1.54) is 25.6 Å². The van der Waals surface area contributed by atoms with Crippen molar-refractivity contribution in [2.75, 3.05) is 0 Å². The smallest absolute Gasteiger partial charge is 0.183 e. The molecule has 0 aliphatic rings. The van der Waals surface area contributed by atoms with Crippen molar-refractivity contribution in [2.24, 2.45) is 0 Å². The number of para-hydroxylation sites is 1. The van der Waals surface area contributed by atoms with Crippen molar-refractivity contribution in [2.45, 2.75) is 0 Å². The van der Waals surface area contributed by atoms with Crippen LogP contribution in [-0.4, -0.2) is 19.9 Å². The second kappa shape index (κ2) is 8.79. The monoisotopic (exact) mass is 516 g/mol. The highest BCUT2D eigenvalue weighted by atomic mass is 32.1. The Balaban J connectivity index is 1.49. The molecule has 0 saturated heterocycles. The van der Waals surface area contributed by atoms with E-state index in [0.29, 0.717) is 17.5 Å². The first-order valence-corrected chi connectivity index (χ1v) is 13.7. The third-order valence-electron chi connectivity index (χ3n) is 7.12. The fourth-order valence-electron chi connectivity index (χ4n) is 5.30. The molecule has 0 spiro atoms. The maximum Gasteiger partial charge on any atom is 0.183 e. The molecular weight excluding hydrogens is 496 g/mol. The van der Waals surface area contributed by atoms with E-state index in [4.69, 9.17) is 19.9 Å². The van der Waals surface area contributed by atoms with E-state index in [-0.39, 0.29) is 0 Å². The van der Waals surface area contributed by atoms with E-state index in [1.807, 2.05) is 78.1 Å². The molecule has 0 atom stereocenters. The quantitative estimate of drug-likeness (QED) is 0.220. The van der Waals surface area contributed by atoms with E-state index >= 15 is 0 Å². The van der Waals surface area contributed by atoms with Gasteiger partial charge in [-0.25, -0.2) is 19.9 Å². The first kappa shape index (κ1) is 22.0. The number of rotatable bonds is 3. The fraction of sp³-hybridized carbons (Fsp3) is 0. The molecule has 182 valence electrons. The predicted octanol–water partition coefficient (Wildman–Crippen LogP) is 8.94. The summed E-state index contributed by atoms with van der Waals surface area (Å²) in [6, 6.07) is 41.5. The van der Waals surface area contributed by atoms with Crippen LogP contribution in [0.2, 0.25) is 0 Å². The van der Waals surface area contributed by atoms with Crippen LogP contribution in [0.4, 0.5) is 0 Å². The summed E-state index contributed by atoms with van der Waals surface area (Å²) in [4.78, 5) is 20.0. The van der Waals surface area contributed by atoms with E-state index < -0.39 is 0 Å². The largest absolute Gasteiger partial charge is 0.244 e. The molecule has 3 aromatic heterocycles. The van der Waals surface area contributed by atoms with Gasteiger partial charge in [0, 0.05) is 47.5 Å². The van der Waals surface area contributed by atoms with Crippen molar-refractivity contribution in [1.82, 2.24) is 19.9 Å². The summed E-state index contributed by atoms with van der Waals surface area (Å²) in [7, 11) is 0. The van der Waals surface area contributed by atoms with Crippen molar-refractivity contribution in [3.8, 4) is 34.3 Å². The van der Waals surface area contributed by atoms with Gasteiger partial charge in [-0.3, -0.25) is 0 Å². The lowest BCUT2D eigenvalue weighted by molar-refractivity contribution is 1.07. The highest BCUT2D eigenvalue weighted by Crippen LogP contribution is 2.43. The van der Waals surface area contributed by atoms with Gasteiger partial charge in [0.1, 0.15) is 5.69 Å². The van der Waals surface area contributed by atoms with Gasteiger partial charge in [0.2, 0.25) is 0 Å². The van der Waals surface area contributed by atoms with Crippen molar-refractivity contribution in [3.05, 3.63) is 121 Å². The average molecular weight is 517 g/mol. The Morgan fingerprint density at radius 3 is 1.69 bits per heavy atom. The fourth-order valence-corrected chi connectivity index (χ4v) is 6.57. The Hall–Kier alpha value is -5.00. The van der Waals surface area contributed by atoms with Gasteiger partial charge in [0.15, 0.2) is 17.5 Å². The van der Waals surface area contributed by atoms with Crippen LogP contribution in [-0.2, 0) is 0 Å². The number of hydrogen-bond acceptors (Lipinski definition) is 5. The van der Waals surface area contributed by atoms with Gasteiger partial charge < -0.3 is 0 Å². The SMILES string of the molecule is c1ccc(-c2nc(-c3ccccc3)nc(-c3nc4ccccc4c4c3ccc3c5ccccc5sc34)n2)cc1. The second-order valence-corrected chi connectivity index (χ2v) is 10.5. The highest BCUT2D eigenvalue weighted by molar-refractivity contribution is 7.26. The predicted molar refractivity (Wildman–Crippen MR) is 162 cm³/mol.